The minimum atomic E-state index is -0.159. The van der Waals surface area contributed by atoms with Gasteiger partial charge in [-0.1, -0.05) is 0 Å². The van der Waals surface area contributed by atoms with E-state index in [2.05, 4.69) is 15.2 Å². The molecule has 2 aliphatic heterocycles. The molecule has 26 heavy (non-hydrogen) atoms. The molecule has 0 unspecified atom stereocenters. The maximum atomic E-state index is 12.9. The lowest BCUT2D eigenvalue weighted by atomic mass is 10.1. The molecular formula is C20H23N3O3. The van der Waals surface area contributed by atoms with Crippen LogP contribution in [0.3, 0.4) is 0 Å². The van der Waals surface area contributed by atoms with Gasteiger partial charge in [-0.15, -0.1) is 0 Å². The van der Waals surface area contributed by atoms with Crippen molar-refractivity contribution in [1.29, 1.82) is 0 Å². The van der Waals surface area contributed by atoms with Gasteiger partial charge in [0.2, 0.25) is 0 Å². The number of carbonyl (C=O) groups is 1. The van der Waals surface area contributed by atoms with Crippen LogP contribution >= 0.6 is 0 Å². The second kappa shape index (κ2) is 7.64. The number of hydrogen-bond donors (Lipinski definition) is 1. The van der Waals surface area contributed by atoms with E-state index in [1.54, 1.807) is 12.3 Å². The van der Waals surface area contributed by atoms with Gasteiger partial charge in [-0.05, 0) is 43.5 Å². The number of rotatable bonds is 3. The van der Waals surface area contributed by atoms with E-state index in [4.69, 9.17) is 9.47 Å². The van der Waals surface area contributed by atoms with Crippen LogP contribution in [0.5, 0.6) is 11.5 Å². The van der Waals surface area contributed by atoms with Crippen molar-refractivity contribution in [2.45, 2.75) is 25.7 Å². The minimum absolute atomic E-state index is 0.159. The Bertz CT molecular complexity index is 788. The van der Waals surface area contributed by atoms with Gasteiger partial charge in [-0.25, -0.2) is 4.98 Å². The molecule has 0 radical (unpaired) electrons. The third-order valence-corrected chi connectivity index (χ3v) is 4.69. The molecule has 1 fully saturated rings. The number of piperidine rings is 1. The molecule has 0 aliphatic carbocycles. The lowest BCUT2D eigenvalue weighted by molar-refractivity contribution is 0.102. The first-order valence-corrected chi connectivity index (χ1v) is 9.22. The number of carbonyl (C=O) groups excluding carboxylic acids is 1. The van der Waals surface area contributed by atoms with Crippen LogP contribution in [0.15, 0.2) is 36.5 Å². The second-order valence-corrected chi connectivity index (χ2v) is 6.59. The number of anilines is 2. The lowest BCUT2D eigenvalue weighted by Crippen LogP contribution is -2.32. The van der Waals surface area contributed by atoms with E-state index in [-0.39, 0.29) is 5.91 Å². The summed E-state index contributed by atoms with van der Waals surface area (Å²) in [7, 11) is 0. The van der Waals surface area contributed by atoms with Crippen molar-refractivity contribution < 1.29 is 14.3 Å². The number of aromatic nitrogens is 1. The highest BCUT2D eigenvalue weighted by molar-refractivity contribution is 6.07. The predicted molar refractivity (Wildman–Crippen MR) is 100 cm³/mol. The molecule has 1 aromatic carbocycles. The molecule has 6 heteroatoms. The SMILES string of the molecule is O=C(Nc1ccc2c(c1)OCCCO2)c1cccnc1N1CCCCC1. The Kier molecular flexibility index (Phi) is 4.91. The molecule has 0 saturated carbocycles. The average molecular weight is 353 g/mol. The number of hydrogen-bond acceptors (Lipinski definition) is 5. The van der Waals surface area contributed by atoms with Gasteiger partial charge in [-0.3, -0.25) is 4.79 Å². The zero-order chi connectivity index (χ0) is 17.8. The molecule has 6 nitrogen and oxygen atoms in total. The molecular weight excluding hydrogens is 330 g/mol. The summed E-state index contributed by atoms with van der Waals surface area (Å²) in [5, 5.41) is 2.97. The normalized spacial score (nSPS) is 16.7. The molecule has 4 rings (SSSR count). The van der Waals surface area contributed by atoms with Crippen LogP contribution in [0, 0.1) is 0 Å². The zero-order valence-electron chi connectivity index (χ0n) is 14.7. The first kappa shape index (κ1) is 16.7. The summed E-state index contributed by atoms with van der Waals surface area (Å²) in [5.41, 5.74) is 1.29. The molecule has 0 bridgehead atoms. The molecule has 2 aromatic rings. The summed E-state index contributed by atoms with van der Waals surface area (Å²) in [4.78, 5) is 19.5. The smallest absolute Gasteiger partial charge is 0.259 e. The third kappa shape index (κ3) is 3.59. The predicted octanol–water partition coefficient (Wildman–Crippen LogP) is 3.49. The molecule has 3 heterocycles. The summed E-state index contributed by atoms with van der Waals surface area (Å²) in [6, 6.07) is 9.12. The van der Waals surface area contributed by atoms with Crippen molar-refractivity contribution in [3.63, 3.8) is 0 Å². The van der Waals surface area contributed by atoms with Crippen LogP contribution < -0.4 is 19.7 Å². The summed E-state index contributed by atoms with van der Waals surface area (Å²) < 4.78 is 11.3. The highest BCUT2D eigenvalue weighted by atomic mass is 16.5. The van der Waals surface area contributed by atoms with Gasteiger partial charge in [0.25, 0.3) is 5.91 Å². The summed E-state index contributed by atoms with van der Waals surface area (Å²) >= 11 is 0. The Morgan fingerprint density at radius 3 is 2.65 bits per heavy atom. The van der Waals surface area contributed by atoms with Gasteiger partial charge in [0.1, 0.15) is 5.82 Å². The van der Waals surface area contributed by atoms with Gasteiger partial charge in [0.05, 0.1) is 18.8 Å². The quantitative estimate of drug-likeness (QED) is 0.915. The fraction of sp³-hybridized carbons (Fsp3) is 0.400. The Labute approximate surface area is 153 Å². The summed E-state index contributed by atoms with van der Waals surface area (Å²) in [5.74, 6) is 1.99. The average Bonchev–Trinajstić information content (AvgIpc) is 2.93. The molecule has 1 N–H and O–H groups in total. The molecule has 1 amide bonds. The summed E-state index contributed by atoms with van der Waals surface area (Å²) in [6.45, 7) is 3.16. The number of ether oxygens (including phenoxy) is 2. The number of pyridine rings is 1. The van der Waals surface area contributed by atoms with E-state index in [9.17, 15) is 4.79 Å². The van der Waals surface area contributed by atoms with Crippen molar-refractivity contribution in [3.8, 4) is 11.5 Å². The Morgan fingerprint density at radius 1 is 1.00 bits per heavy atom. The van der Waals surface area contributed by atoms with E-state index >= 15 is 0 Å². The molecule has 136 valence electrons. The van der Waals surface area contributed by atoms with Gasteiger partial charge in [-0.2, -0.15) is 0 Å². The van der Waals surface area contributed by atoms with Gasteiger partial charge < -0.3 is 19.7 Å². The van der Waals surface area contributed by atoms with Crippen LogP contribution in [-0.2, 0) is 0 Å². The number of benzene rings is 1. The Morgan fingerprint density at radius 2 is 1.81 bits per heavy atom. The van der Waals surface area contributed by atoms with E-state index < -0.39 is 0 Å². The van der Waals surface area contributed by atoms with Crippen LogP contribution in [0.4, 0.5) is 11.5 Å². The van der Waals surface area contributed by atoms with Crippen LogP contribution in [-0.4, -0.2) is 37.2 Å². The number of nitrogens with zero attached hydrogens (tertiary/aromatic N) is 2. The van der Waals surface area contributed by atoms with Crippen LogP contribution in [0.2, 0.25) is 0 Å². The van der Waals surface area contributed by atoms with E-state index in [1.807, 2.05) is 24.3 Å². The molecule has 0 atom stereocenters. The van der Waals surface area contributed by atoms with Crippen molar-refractivity contribution in [1.82, 2.24) is 4.98 Å². The van der Waals surface area contributed by atoms with Crippen molar-refractivity contribution >= 4 is 17.4 Å². The maximum absolute atomic E-state index is 12.9. The second-order valence-electron chi connectivity index (χ2n) is 6.59. The van der Waals surface area contributed by atoms with Crippen LogP contribution in [0.1, 0.15) is 36.0 Å². The number of amides is 1. The first-order chi connectivity index (χ1) is 12.8. The molecule has 1 saturated heterocycles. The largest absolute Gasteiger partial charge is 0.490 e. The highest BCUT2D eigenvalue weighted by Gasteiger charge is 2.20. The lowest BCUT2D eigenvalue weighted by Gasteiger charge is -2.29. The van der Waals surface area contributed by atoms with E-state index in [0.717, 1.165) is 43.9 Å². The summed E-state index contributed by atoms with van der Waals surface area (Å²) in [6.07, 6.45) is 6.11. The Hall–Kier alpha value is -2.76. The van der Waals surface area contributed by atoms with E-state index in [0.29, 0.717) is 30.2 Å². The monoisotopic (exact) mass is 353 g/mol. The minimum Gasteiger partial charge on any atom is -0.490 e. The molecule has 1 aromatic heterocycles. The van der Waals surface area contributed by atoms with Crippen molar-refractivity contribution in [3.05, 3.63) is 42.1 Å². The van der Waals surface area contributed by atoms with E-state index in [1.165, 1.54) is 6.42 Å². The molecule has 2 aliphatic rings. The first-order valence-electron chi connectivity index (χ1n) is 9.22. The zero-order valence-corrected chi connectivity index (χ0v) is 14.7. The number of nitrogens with one attached hydrogen (secondary N) is 1. The van der Waals surface area contributed by atoms with Crippen LogP contribution in [0.25, 0.3) is 0 Å². The van der Waals surface area contributed by atoms with Gasteiger partial charge >= 0.3 is 0 Å². The fourth-order valence-electron chi connectivity index (χ4n) is 3.37. The highest BCUT2D eigenvalue weighted by Crippen LogP contribution is 2.32. The fourth-order valence-corrected chi connectivity index (χ4v) is 3.37. The topological polar surface area (TPSA) is 63.7 Å². The Balaban J connectivity index is 1.54. The number of fused-ring (bicyclic) bond motifs is 1. The van der Waals surface area contributed by atoms with Crippen molar-refractivity contribution in [2.24, 2.45) is 0 Å². The maximum Gasteiger partial charge on any atom is 0.259 e. The van der Waals surface area contributed by atoms with Crippen molar-refractivity contribution in [2.75, 3.05) is 36.5 Å². The molecule has 0 spiro atoms. The van der Waals surface area contributed by atoms with Gasteiger partial charge in [0, 0.05) is 37.5 Å². The third-order valence-electron chi connectivity index (χ3n) is 4.69. The standard InChI is InChI=1S/C20H23N3O3/c24-20(16-6-4-9-21-19(16)23-10-2-1-3-11-23)22-15-7-8-17-18(14-15)26-13-5-12-25-17/h4,6-9,14H,1-3,5,10-13H2,(H,22,24). The van der Waals surface area contributed by atoms with Gasteiger partial charge in [0.15, 0.2) is 11.5 Å².